The molecule has 2 aromatic heterocycles. The fourth-order valence-electron chi connectivity index (χ4n) is 4.96. The lowest BCUT2D eigenvalue weighted by Crippen LogP contribution is -2.03. The third-order valence-corrected chi connectivity index (χ3v) is 7.89. The number of carbonyl (C=O) groups excluding carboxylic acids is 2. The van der Waals surface area contributed by atoms with E-state index < -0.39 is 0 Å². The Morgan fingerprint density at radius 1 is 0.757 bits per heavy atom. The number of hydrogen-bond acceptors (Lipinski definition) is 4. The van der Waals surface area contributed by atoms with Gasteiger partial charge in [-0.25, -0.2) is 4.98 Å². The number of rotatable bonds is 3. The molecule has 5 heteroatoms. The van der Waals surface area contributed by atoms with Crippen molar-refractivity contribution in [1.29, 1.82) is 0 Å². The van der Waals surface area contributed by atoms with E-state index in [0.717, 1.165) is 43.1 Å². The lowest BCUT2D eigenvalue weighted by atomic mass is 10.0. The Hall–Kier alpha value is -4.61. The molecule has 0 atom stereocenters. The van der Waals surface area contributed by atoms with E-state index in [1.54, 1.807) is 17.4 Å². The predicted molar refractivity (Wildman–Crippen MR) is 150 cm³/mol. The van der Waals surface area contributed by atoms with Crippen LogP contribution in [0, 0.1) is 6.92 Å². The second-order valence-electron chi connectivity index (χ2n) is 9.27. The van der Waals surface area contributed by atoms with Gasteiger partial charge in [0.1, 0.15) is 5.01 Å². The summed E-state index contributed by atoms with van der Waals surface area (Å²) in [6, 6.07) is 31.7. The molecule has 0 unspecified atom stereocenters. The number of benzene rings is 4. The van der Waals surface area contributed by atoms with E-state index in [-0.39, 0.29) is 17.1 Å². The molecule has 0 saturated heterocycles. The van der Waals surface area contributed by atoms with Crippen LogP contribution in [0.2, 0.25) is 0 Å². The van der Waals surface area contributed by atoms with Crippen molar-refractivity contribution in [2.45, 2.75) is 6.92 Å². The molecular weight excluding hydrogens is 476 g/mol. The topological polar surface area (TPSA) is 52.0 Å². The number of allylic oxidation sites excluding steroid dienone is 1. The molecule has 0 fully saturated rings. The van der Waals surface area contributed by atoms with Gasteiger partial charge < -0.3 is 0 Å². The van der Waals surface area contributed by atoms with Gasteiger partial charge in [0.15, 0.2) is 17.2 Å². The van der Waals surface area contributed by atoms with Crippen LogP contribution in [-0.4, -0.2) is 21.1 Å². The average molecular weight is 497 g/mol. The Balaban J connectivity index is 1.39. The van der Waals surface area contributed by atoms with Gasteiger partial charge in [-0.2, -0.15) is 0 Å². The first-order chi connectivity index (χ1) is 18.1. The SMILES string of the molecule is Cc1ccc(-c2nc3c(cc(C=C4C(=O)c5cc6ccccc6cc5C4=O)n3-c3ccccc3)s2)cc1. The smallest absolute Gasteiger partial charge is 0.197 e. The van der Waals surface area contributed by atoms with Crippen molar-refractivity contribution in [3.8, 4) is 16.3 Å². The number of para-hydroxylation sites is 1. The minimum atomic E-state index is -0.233. The highest BCUT2D eigenvalue weighted by atomic mass is 32.1. The van der Waals surface area contributed by atoms with Gasteiger partial charge in [0.25, 0.3) is 0 Å². The van der Waals surface area contributed by atoms with Gasteiger partial charge in [-0.15, -0.1) is 11.3 Å². The monoisotopic (exact) mass is 496 g/mol. The lowest BCUT2D eigenvalue weighted by molar-refractivity contribution is 0.0990. The quantitative estimate of drug-likeness (QED) is 0.186. The predicted octanol–water partition coefficient (Wildman–Crippen LogP) is 7.68. The van der Waals surface area contributed by atoms with Gasteiger partial charge in [0, 0.05) is 22.4 Å². The summed E-state index contributed by atoms with van der Waals surface area (Å²) in [5.74, 6) is -0.466. The molecule has 1 aliphatic rings. The zero-order chi connectivity index (χ0) is 25.1. The minimum absolute atomic E-state index is 0.186. The second-order valence-corrected chi connectivity index (χ2v) is 10.3. The molecule has 0 bridgehead atoms. The van der Waals surface area contributed by atoms with Crippen molar-refractivity contribution in [2.75, 3.05) is 0 Å². The van der Waals surface area contributed by atoms with Crippen molar-refractivity contribution in [1.82, 2.24) is 9.55 Å². The first-order valence-electron chi connectivity index (χ1n) is 12.1. The third kappa shape index (κ3) is 3.47. The third-order valence-electron chi connectivity index (χ3n) is 6.85. The standard InChI is InChI=1S/C32H20N2O2S/c1-19-11-13-20(14-12-19)32-33-31-28(37-32)18-24(34(31)23-9-3-2-4-10-23)17-27-29(35)25-15-21-7-5-6-8-22(21)16-26(25)30(27)36/h2-18H,1H3. The number of aryl methyl sites for hydroxylation is 1. The normalized spacial score (nSPS) is 13.1. The van der Waals surface area contributed by atoms with Gasteiger partial charge in [-0.05, 0) is 54.1 Å². The fraction of sp³-hybridized carbons (Fsp3) is 0.0312. The maximum absolute atomic E-state index is 13.4. The zero-order valence-corrected chi connectivity index (χ0v) is 20.8. The molecule has 0 N–H and O–H groups in total. The highest BCUT2D eigenvalue weighted by molar-refractivity contribution is 7.21. The van der Waals surface area contributed by atoms with Crippen molar-refractivity contribution >= 4 is 50.1 Å². The van der Waals surface area contributed by atoms with E-state index in [4.69, 9.17) is 4.98 Å². The number of carbonyl (C=O) groups is 2. The van der Waals surface area contributed by atoms with E-state index in [9.17, 15) is 9.59 Å². The van der Waals surface area contributed by atoms with Crippen LogP contribution in [0.4, 0.5) is 0 Å². The summed E-state index contributed by atoms with van der Waals surface area (Å²) in [7, 11) is 0. The molecule has 2 heterocycles. The maximum Gasteiger partial charge on any atom is 0.197 e. The van der Waals surface area contributed by atoms with Crippen molar-refractivity contribution < 1.29 is 9.59 Å². The molecule has 0 spiro atoms. The molecular formula is C32H20N2O2S. The van der Waals surface area contributed by atoms with Crippen LogP contribution >= 0.6 is 11.3 Å². The van der Waals surface area contributed by atoms with Crippen LogP contribution in [0.3, 0.4) is 0 Å². The minimum Gasteiger partial charge on any atom is -0.294 e. The number of ketones is 2. The van der Waals surface area contributed by atoms with Crippen molar-refractivity contribution in [3.63, 3.8) is 0 Å². The highest BCUT2D eigenvalue weighted by Gasteiger charge is 2.34. The van der Waals surface area contributed by atoms with Gasteiger partial charge in [0.05, 0.1) is 16.0 Å². The van der Waals surface area contributed by atoms with Crippen LogP contribution in [0.1, 0.15) is 32.0 Å². The molecule has 0 saturated carbocycles. The van der Waals surface area contributed by atoms with Crippen LogP contribution in [0.5, 0.6) is 0 Å². The summed E-state index contributed by atoms with van der Waals surface area (Å²) < 4.78 is 3.02. The molecule has 0 amide bonds. The van der Waals surface area contributed by atoms with Crippen LogP contribution < -0.4 is 0 Å². The molecule has 176 valence electrons. The number of thiazole rings is 1. The molecule has 0 radical (unpaired) electrons. The fourth-order valence-corrected chi connectivity index (χ4v) is 5.96. The van der Waals surface area contributed by atoms with Crippen LogP contribution in [0.15, 0.2) is 103 Å². The van der Waals surface area contributed by atoms with Gasteiger partial charge in [0.2, 0.25) is 0 Å². The number of hydrogen-bond donors (Lipinski definition) is 0. The Bertz CT molecular complexity index is 1850. The Labute approximate surface area is 217 Å². The summed E-state index contributed by atoms with van der Waals surface area (Å²) in [6.45, 7) is 2.07. The second kappa shape index (κ2) is 8.22. The molecule has 4 nitrogen and oxygen atoms in total. The summed E-state index contributed by atoms with van der Waals surface area (Å²) in [5, 5.41) is 2.83. The van der Waals surface area contributed by atoms with Gasteiger partial charge in [-0.1, -0.05) is 72.3 Å². The molecule has 0 aliphatic heterocycles. The zero-order valence-electron chi connectivity index (χ0n) is 19.9. The number of aromatic nitrogens is 2. The first kappa shape index (κ1) is 21.7. The summed E-state index contributed by atoms with van der Waals surface area (Å²) in [4.78, 5) is 31.8. The highest BCUT2D eigenvalue weighted by Crippen LogP contribution is 2.37. The van der Waals surface area contributed by atoms with E-state index >= 15 is 0 Å². The van der Waals surface area contributed by atoms with Crippen molar-refractivity contribution in [2.24, 2.45) is 0 Å². The molecule has 6 aromatic rings. The Kier molecular flexibility index (Phi) is 4.81. The molecule has 1 aliphatic carbocycles. The number of fused-ring (bicyclic) bond motifs is 3. The van der Waals surface area contributed by atoms with Crippen LogP contribution in [-0.2, 0) is 0 Å². The molecule has 37 heavy (non-hydrogen) atoms. The molecule has 4 aromatic carbocycles. The average Bonchev–Trinajstić information content (AvgIpc) is 3.55. The Morgan fingerprint density at radius 2 is 1.38 bits per heavy atom. The van der Waals surface area contributed by atoms with Crippen LogP contribution in [0.25, 0.3) is 43.5 Å². The number of nitrogens with zero attached hydrogens (tertiary/aromatic N) is 2. The van der Waals surface area contributed by atoms with E-state index in [0.29, 0.717) is 11.1 Å². The molecule has 7 rings (SSSR count). The largest absolute Gasteiger partial charge is 0.294 e. The van der Waals surface area contributed by atoms with E-state index in [1.807, 2.05) is 77.4 Å². The Morgan fingerprint density at radius 3 is 2.03 bits per heavy atom. The van der Waals surface area contributed by atoms with E-state index in [2.05, 4.69) is 31.2 Å². The van der Waals surface area contributed by atoms with Gasteiger partial charge in [-0.3, -0.25) is 14.2 Å². The summed E-state index contributed by atoms with van der Waals surface area (Å²) in [5.41, 5.74) is 5.87. The summed E-state index contributed by atoms with van der Waals surface area (Å²) in [6.07, 6.45) is 1.72. The first-order valence-corrected chi connectivity index (χ1v) is 12.9. The van der Waals surface area contributed by atoms with E-state index in [1.165, 1.54) is 5.56 Å². The lowest BCUT2D eigenvalue weighted by Gasteiger charge is -2.08. The van der Waals surface area contributed by atoms with Crippen molar-refractivity contribution in [3.05, 3.63) is 125 Å². The maximum atomic E-state index is 13.4. The van der Waals surface area contributed by atoms with Gasteiger partial charge >= 0.3 is 0 Å². The summed E-state index contributed by atoms with van der Waals surface area (Å²) >= 11 is 1.60. The number of Topliss-reactive ketones (excluding diaryl/α,β-unsaturated/α-hetero) is 2.